The Morgan fingerprint density at radius 3 is 2.75 bits per heavy atom. The van der Waals surface area contributed by atoms with Gasteiger partial charge in [0.25, 0.3) is 0 Å². The summed E-state index contributed by atoms with van der Waals surface area (Å²) >= 11 is 0. The highest BCUT2D eigenvalue weighted by atomic mass is 16.5. The van der Waals surface area contributed by atoms with Crippen molar-refractivity contribution in [3.8, 4) is 5.75 Å². The van der Waals surface area contributed by atoms with Crippen LogP contribution in [0.5, 0.6) is 5.75 Å². The van der Waals surface area contributed by atoms with Crippen LogP contribution in [0.25, 0.3) is 11.0 Å². The number of aromatic hydroxyl groups is 1. The van der Waals surface area contributed by atoms with Gasteiger partial charge in [0.05, 0.1) is 10.9 Å². The van der Waals surface area contributed by atoms with E-state index in [-0.39, 0.29) is 46.3 Å². The summed E-state index contributed by atoms with van der Waals surface area (Å²) in [5.74, 6) is 0.178. The van der Waals surface area contributed by atoms with Gasteiger partial charge < -0.3 is 14.3 Å². The van der Waals surface area contributed by atoms with Gasteiger partial charge >= 0.3 is 0 Å². The molecular formula is C18H20O6. The summed E-state index contributed by atoms with van der Waals surface area (Å²) in [7, 11) is 1.58. The summed E-state index contributed by atoms with van der Waals surface area (Å²) in [6.07, 6.45) is 2.06. The predicted molar refractivity (Wildman–Crippen MR) is 88.7 cm³/mol. The number of carbonyl (C=O) groups is 2. The normalized spacial score (nSPS) is 10.9. The maximum atomic E-state index is 12.6. The van der Waals surface area contributed by atoms with E-state index < -0.39 is 0 Å². The lowest BCUT2D eigenvalue weighted by Gasteiger charge is -2.08. The van der Waals surface area contributed by atoms with E-state index in [1.165, 1.54) is 12.1 Å². The lowest BCUT2D eigenvalue weighted by molar-refractivity contribution is -0.119. The molecule has 0 aliphatic carbocycles. The third kappa shape index (κ3) is 3.71. The minimum atomic E-state index is -0.276. The molecule has 0 atom stereocenters. The molecule has 0 aliphatic heterocycles. The summed E-state index contributed by atoms with van der Waals surface area (Å²) in [5, 5.41) is 9.91. The molecule has 1 heterocycles. The Labute approximate surface area is 139 Å². The molecule has 0 bridgehead atoms. The van der Waals surface area contributed by atoms with E-state index >= 15 is 0 Å². The van der Waals surface area contributed by atoms with Gasteiger partial charge in [-0.15, -0.1) is 0 Å². The molecule has 0 saturated heterocycles. The molecule has 0 radical (unpaired) electrons. The molecule has 6 heteroatoms. The molecule has 24 heavy (non-hydrogen) atoms. The minimum Gasteiger partial charge on any atom is -0.507 e. The number of phenolic OH excluding ortho intramolecular Hbond substituents is 1. The first-order valence-corrected chi connectivity index (χ1v) is 7.73. The lowest BCUT2D eigenvalue weighted by atomic mass is 10.0. The zero-order chi connectivity index (χ0) is 17.7. The number of benzene rings is 1. The van der Waals surface area contributed by atoms with Crippen molar-refractivity contribution in [2.75, 3.05) is 13.7 Å². The maximum Gasteiger partial charge on any atom is 0.196 e. The third-order valence-corrected chi connectivity index (χ3v) is 3.95. The summed E-state index contributed by atoms with van der Waals surface area (Å²) in [5.41, 5.74) is 0.171. The van der Waals surface area contributed by atoms with Crippen LogP contribution in [0.2, 0.25) is 0 Å². The van der Waals surface area contributed by atoms with Gasteiger partial charge in [-0.3, -0.25) is 14.4 Å². The number of aldehydes is 1. The SMILES string of the molecule is COCCCC(=O)CCc1c(C)oc2c(C=O)c(O)ccc2c1=O. The fraction of sp³-hybridized carbons (Fsp3) is 0.389. The number of ether oxygens (including phenoxy) is 1. The van der Waals surface area contributed by atoms with Crippen LogP contribution in [-0.4, -0.2) is 30.9 Å². The van der Waals surface area contributed by atoms with Crippen LogP contribution in [0.4, 0.5) is 0 Å². The Morgan fingerprint density at radius 2 is 2.08 bits per heavy atom. The van der Waals surface area contributed by atoms with Crippen molar-refractivity contribution in [1.82, 2.24) is 0 Å². The molecule has 1 aromatic carbocycles. The molecule has 128 valence electrons. The summed E-state index contributed by atoms with van der Waals surface area (Å²) < 4.78 is 10.5. The summed E-state index contributed by atoms with van der Waals surface area (Å²) in [4.78, 5) is 35.6. The Hall–Kier alpha value is -2.47. The van der Waals surface area contributed by atoms with Gasteiger partial charge in [0.1, 0.15) is 17.3 Å². The van der Waals surface area contributed by atoms with E-state index in [2.05, 4.69) is 0 Å². The van der Waals surface area contributed by atoms with Gasteiger partial charge in [0.15, 0.2) is 17.3 Å². The van der Waals surface area contributed by atoms with E-state index in [1.807, 2.05) is 0 Å². The Balaban J connectivity index is 2.29. The lowest BCUT2D eigenvalue weighted by Crippen LogP contribution is -2.14. The van der Waals surface area contributed by atoms with Gasteiger partial charge in [-0.2, -0.15) is 0 Å². The minimum absolute atomic E-state index is 0.0464. The second kappa shape index (κ2) is 7.88. The first-order valence-electron chi connectivity index (χ1n) is 7.73. The van der Waals surface area contributed by atoms with Gasteiger partial charge in [-0.25, -0.2) is 0 Å². The zero-order valence-corrected chi connectivity index (χ0v) is 13.8. The van der Waals surface area contributed by atoms with Gasteiger partial charge in [-0.05, 0) is 31.9 Å². The molecule has 0 amide bonds. The van der Waals surface area contributed by atoms with Crippen molar-refractivity contribution in [2.24, 2.45) is 0 Å². The first-order chi connectivity index (χ1) is 11.5. The molecule has 2 rings (SSSR count). The summed E-state index contributed by atoms with van der Waals surface area (Å²) in [6, 6.07) is 2.71. The highest BCUT2D eigenvalue weighted by molar-refractivity contribution is 5.97. The van der Waals surface area contributed by atoms with Crippen LogP contribution in [0.3, 0.4) is 0 Å². The van der Waals surface area contributed by atoms with Crippen LogP contribution in [0, 0.1) is 6.92 Å². The Bertz CT molecular complexity index is 818. The predicted octanol–water partition coefficient (Wildman–Crippen LogP) is 2.55. The molecule has 0 saturated carbocycles. The van der Waals surface area contributed by atoms with E-state index in [4.69, 9.17) is 9.15 Å². The molecule has 0 spiro atoms. The van der Waals surface area contributed by atoms with E-state index in [9.17, 15) is 19.5 Å². The number of phenols is 1. The van der Waals surface area contributed by atoms with Crippen molar-refractivity contribution in [2.45, 2.75) is 32.6 Å². The molecule has 1 aromatic heterocycles. The highest BCUT2D eigenvalue weighted by Crippen LogP contribution is 2.26. The van der Waals surface area contributed by atoms with Gasteiger partial charge in [0.2, 0.25) is 0 Å². The average molecular weight is 332 g/mol. The van der Waals surface area contributed by atoms with E-state index in [1.54, 1.807) is 14.0 Å². The molecule has 0 aliphatic rings. The second-order valence-electron chi connectivity index (χ2n) is 5.59. The van der Waals surface area contributed by atoms with Crippen molar-refractivity contribution < 1.29 is 23.8 Å². The van der Waals surface area contributed by atoms with Crippen molar-refractivity contribution >= 4 is 23.0 Å². The molecular weight excluding hydrogens is 312 g/mol. The van der Waals surface area contributed by atoms with Crippen LogP contribution in [0.1, 0.15) is 40.9 Å². The topological polar surface area (TPSA) is 93.8 Å². The third-order valence-electron chi connectivity index (χ3n) is 3.95. The van der Waals surface area contributed by atoms with Crippen molar-refractivity contribution in [3.63, 3.8) is 0 Å². The quantitative estimate of drug-likeness (QED) is 0.590. The number of methoxy groups -OCH3 is 1. The standard InChI is InChI=1S/C18H20O6/c1-11-13(6-5-12(20)4-3-9-23-2)17(22)14-7-8-16(21)15(10-19)18(14)24-11/h7-8,10,21H,3-6,9H2,1-2H3. The Kier molecular flexibility index (Phi) is 5.87. The number of aryl methyl sites for hydroxylation is 1. The molecule has 0 fully saturated rings. The van der Waals surface area contributed by atoms with E-state index in [0.717, 1.165) is 0 Å². The van der Waals surface area contributed by atoms with Crippen molar-refractivity contribution in [3.05, 3.63) is 39.2 Å². The monoisotopic (exact) mass is 332 g/mol. The largest absolute Gasteiger partial charge is 0.507 e. The highest BCUT2D eigenvalue weighted by Gasteiger charge is 2.17. The number of fused-ring (bicyclic) bond motifs is 1. The van der Waals surface area contributed by atoms with Crippen LogP contribution >= 0.6 is 0 Å². The number of rotatable bonds is 8. The number of Topliss-reactive ketones (excluding diaryl/α,β-unsaturated/α-hetero) is 1. The molecule has 0 unspecified atom stereocenters. The Morgan fingerprint density at radius 1 is 1.33 bits per heavy atom. The number of ketones is 1. The van der Waals surface area contributed by atoms with Gasteiger partial charge in [0, 0.05) is 32.1 Å². The zero-order valence-electron chi connectivity index (χ0n) is 13.8. The van der Waals surface area contributed by atoms with Crippen molar-refractivity contribution in [1.29, 1.82) is 0 Å². The van der Waals surface area contributed by atoms with Gasteiger partial charge in [-0.1, -0.05) is 0 Å². The smallest absolute Gasteiger partial charge is 0.196 e. The second-order valence-corrected chi connectivity index (χ2v) is 5.59. The average Bonchev–Trinajstić information content (AvgIpc) is 2.54. The summed E-state index contributed by atoms with van der Waals surface area (Å²) in [6.45, 7) is 2.14. The molecule has 6 nitrogen and oxygen atoms in total. The van der Waals surface area contributed by atoms with Crippen LogP contribution < -0.4 is 5.43 Å². The fourth-order valence-electron chi connectivity index (χ4n) is 2.62. The number of hydrogen-bond donors (Lipinski definition) is 1. The van der Waals surface area contributed by atoms with E-state index in [0.29, 0.717) is 37.1 Å². The maximum absolute atomic E-state index is 12.6. The molecule has 2 aromatic rings. The first kappa shape index (κ1) is 17.9. The number of carbonyl (C=O) groups excluding carboxylic acids is 2. The van der Waals surface area contributed by atoms with Crippen LogP contribution in [0.15, 0.2) is 21.3 Å². The number of hydrogen-bond acceptors (Lipinski definition) is 6. The molecule has 1 N–H and O–H groups in total. The fourth-order valence-corrected chi connectivity index (χ4v) is 2.62. The van der Waals surface area contributed by atoms with Crippen LogP contribution in [-0.2, 0) is 16.0 Å².